The van der Waals surface area contributed by atoms with Crippen LogP contribution in [-0.4, -0.2) is 44.9 Å². The Morgan fingerprint density at radius 3 is 2.74 bits per heavy atom. The smallest absolute Gasteiger partial charge is 0.132 e. The Bertz CT molecular complexity index is 1100. The molecule has 2 aromatic rings. The zero-order valence-corrected chi connectivity index (χ0v) is 22.0. The second-order valence-corrected chi connectivity index (χ2v) is 9.64. The molecule has 0 radical (unpaired) electrons. The Labute approximate surface area is 215 Å². The molecule has 1 atom stereocenters. The Morgan fingerprint density at radius 1 is 1.26 bits per heavy atom. The number of nitrogens with zero attached hydrogens (tertiary/aromatic N) is 2. The van der Waals surface area contributed by atoms with Crippen molar-refractivity contribution in [2.24, 2.45) is 10.9 Å². The number of rotatable bonds is 5. The number of aliphatic imine (C=N–C) groups is 1. The third-order valence-electron chi connectivity index (χ3n) is 5.98. The summed E-state index contributed by atoms with van der Waals surface area (Å²) in [6, 6.07) is 10.2. The van der Waals surface area contributed by atoms with E-state index in [4.69, 9.17) is 4.74 Å². The molecular weight excluding hydrogens is 450 g/mol. The van der Waals surface area contributed by atoms with Gasteiger partial charge in [-0.3, -0.25) is 4.99 Å². The molecule has 4 nitrogen and oxygen atoms in total. The van der Waals surface area contributed by atoms with Crippen LogP contribution in [0.3, 0.4) is 0 Å². The van der Waals surface area contributed by atoms with E-state index >= 15 is 0 Å². The van der Waals surface area contributed by atoms with E-state index in [1.165, 1.54) is 37.2 Å². The first kappa shape index (κ1) is 26.5. The molecule has 35 heavy (non-hydrogen) atoms. The molecule has 2 aliphatic rings. The van der Waals surface area contributed by atoms with Gasteiger partial charge in [0, 0.05) is 39.9 Å². The first-order valence-electron chi connectivity index (χ1n) is 12.3. The number of anilines is 1. The van der Waals surface area contributed by atoms with Gasteiger partial charge in [-0.25, -0.2) is 0 Å². The van der Waals surface area contributed by atoms with Crippen molar-refractivity contribution < 1.29 is 4.74 Å². The van der Waals surface area contributed by atoms with Gasteiger partial charge in [0.05, 0.1) is 19.6 Å². The fourth-order valence-electron chi connectivity index (χ4n) is 4.06. The van der Waals surface area contributed by atoms with Crippen LogP contribution < -0.4 is 5.32 Å². The molecule has 0 saturated carbocycles. The van der Waals surface area contributed by atoms with Crippen molar-refractivity contribution in [3.63, 3.8) is 0 Å². The summed E-state index contributed by atoms with van der Waals surface area (Å²) in [5.41, 5.74) is 3.94. The topological polar surface area (TPSA) is 36.9 Å². The minimum Gasteiger partial charge on any atom is -0.496 e. The Morgan fingerprint density at radius 2 is 2.09 bits per heavy atom. The van der Waals surface area contributed by atoms with E-state index in [2.05, 4.69) is 77.3 Å². The fourth-order valence-corrected chi connectivity index (χ4v) is 4.79. The average molecular weight is 488 g/mol. The normalized spacial score (nSPS) is 18.2. The Hall–Kier alpha value is -3.07. The standard InChI is InChI=1S/C24H24N2OS.C6H13N/c1-4-26-22-13-12-19(10-11-20-8-5-6-14-25-17-20)16-21(22)24(27-3)18(2)23-9-7-15-28-23;1-7-5-3-2-4-6-7/h4-5,7-9,12-16,20,26H,1,6,17H2,2-3H3;2-6H2,1H3/b24-18-;. The van der Waals surface area contributed by atoms with Crippen LogP contribution in [0.15, 0.2) is 65.6 Å². The van der Waals surface area contributed by atoms with E-state index in [1.807, 2.05) is 24.4 Å². The highest BCUT2D eigenvalue weighted by molar-refractivity contribution is 7.11. The van der Waals surface area contributed by atoms with Gasteiger partial charge < -0.3 is 15.0 Å². The number of thiophene rings is 1. The van der Waals surface area contributed by atoms with Crippen LogP contribution in [0.2, 0.25) is 0 Å². The van der Waals surface area contributed by atoms with Crippen molar-refractivity contribution in [2.75, 3.05) is 39.1 Å². The maximum absolute atomic E-state index is 5.81. The minimum absolute atomic E-state index is 0.151. The Kier molecular flexibility index (Phi) is 10.9. The predicted octanol–water partition coefficient (Wildman–Crippen LogP) is 6.94. The Balaban J connectivity index is 0.000000420. The van der Waals surface area contributed by atoms with E-state index in [-0.39, 0.29) is 5.92 Å². The first-order chi connectivity index (χ1) is 17.1. The number of methoxy groups -OCH3 is 1. The molecule has 2 aliphatic heterocycles. The number of nitrogens with one attached hydrogen (secondary N) is 1. The van der Waals surface area contributed by atoms with Crippen molar-refractivity contribution in [2.45, 2.75) is 32.6 Å². The van der Waals surface area contributed by atoms with Gasteiger partial charge in [0.2, 0.25) is 0 Å². The SMILES string of the molecule is C=CNc1ccc(C#CC2C=CCC=NC2)cc1/C(OC)=C(\C)c1cccs1.CN1CCCCC1. The van der Waals surface area contributed by atoms with Gasteiger partial charge in [0.15, 0.2) is 0 Å². The minimum atomic E-state index is 0.151. The van der Waals surface area contributed by atoms with Gasteiger partial charge in [0.25, 0.3) is 0 Å². The van der Waals surface area contributed by atoms with Crippen molar-refractivity contribution in [3.8, 4) is 11.8 Å². The van der Waals surface area contributed by atoms with E-state index in [9.17, 15) is 0 Å². The van der Waals surface area contributed by atoms with Crippen molar-refractivity contribution in [1.29, 1.82) is 0 Å². The highest BCUT2D eigenvalue weighted by Crippen LogP contribution is 2.33. The molecule has 3 heterocycles. The summed E-state index contributed by atoms with van der Waals surface area (Å²) in [6.45, 7) is 9.22. The summed E-state index contributed by atoms with van der Waals surface area (Å²) in [7, 11) is 3.90. The van der Waals surface area contributed by atoms with Gasteiger partial charge in [0.1, 0.15) is 5.76 Å². The third kappa shape index (κ3) is 8.28. The second-order valence-electron chi connectivity index (χ2n) is 8.70. The zero-order valence-electron chi connectivity index (χ0n) is 21.2. The van der Waals surface area contributed by atoms with Gasteiger partial charge >= 0.3 is 0 Å². The maximum Gasteiger partial charge on any atom is 0.132 e. The van der Waals surface area contributed by atoms with E-state index in [0.29, 0.717) is 6.54 Å². The average Bonchev–Trinajstić information content (AvgIpc) is 3.29. The summed E-state index contributed by atoms with van der Waals surface area (Å²) in [6.07, 6.45) is 13.0. The number of likely N-dealkylation sites (tertiary alicyclic amines) is 1. The van der Waals surface area contributed by atoms with Gasteiger partial charge in [-0.15, -0.1) is 11.3 Å². The van der Waals surface area contributed by atoms with Crippen molar-refractivity contribution in [3.05, 3.63) is 76.6 Å². The summed E-state index contributed by atoms with van der Waals surface area (Å²) in [4.78, 5) is 7.95. The fraction of sp³-hybridized carbons (Fsp3) is 0.367. The molecule has 0 amide bonds. The van der Waals surface area contributed by atoms with Gasteiger partial charge in [-0.1, -0.05) is 43.1 Å². The number of ether oxygens (including phenoxy) is 1. The number of allylic oxidation sites excluding steroid dienone is 2. The molecule has 1 N–H and O–H groups in total. The zero-order chi connectivity index (χ0) is 24.9. The van der Waals surface area contributed by atoms with Crippen LogP contribution in [0.1, 0.15) is 48.6 Å². The summed E-state index contributed by atoms with van der Waals surface area (Å²) in [5, 5.41) is 5.28. The summed E-state index contributed by atoms with van der Waals surface area (Å²) < 4.78 is 5.81. The molecule has 0 spiro atoms. The molecule has 1 fully saturated rings. The van der Waals surface area contributed by atoms with Crippen LogP contribution in [0, 0.1) is 17.8 Å². The van der Waals surface area contributed by atoms with Crippen LogP contribution in [0.4, 0.5) is 5.69 Å². The largest absolute Gasteiger partial charge is 0.496 e. The van der Waals surface area contributed by atoms with Crippen molar-refractivity contribution >= 4 is 34.6 Å². The third-order valence-corrected chi connectivity index (χ3v) is 6.97. The molecule has 1 unspecified atom stereocenters. The number of benzene rings is 1. The highest BCUT2D eigenvalue weighted by atomic mass is 32.1. The van der Waals surface area contributed by atoms with Crippen molar-refractivity contribution in [1.82, 2.24) is 4.90 Å². The molecule has 1 saturated heterocycles. The van der Waals surface area contributed by atoms with Crippen LogP contribution in [-0.2, 0) is 4.74 Å². The first-order valence-corrected chi connectivity index (χ1v) is 13.2. The number of hydrogen-bond acceptors (Lipinski definition) is 5. The lowest BCUT2D eigenvalue weighted by molar-refractivity contribution is 0.277. The number of piperidine rings is 1. The molecule has 4 rings (SSSR count). The lowest BCUT2D eigenvalue weighted by atomic mass is 10.0. The summed E-state index contributed by atoms with van der Waals surface area (Å²) in [5.74, 6) is 7.60. The second kappa shape index (κ2) is 14.4. The lowest BCUT2D eigenvalue weighted by Crippen LogP contribution is -2.24. The van der Waals surface area contributed by atoms with Gasteiger partial charge in [-0.2, -0.15) is 0 Å². The predicted molar refractivity (Wildman–Crippen MR) is 153 cm³/mol. The van der Waals surface area contributed by atoms with Crippen LogP contribution in [0.25, 0.3) is 11.3 Å². The number of hydrogen-bond donors (Lipinski definition) is 1. The van der Waals surface area contributed by atoms with E-state index in [1.54, 1.807) is 24.6 Å². The van der Waals surface area contributed by atoms with Crippen LogP contribution in [0.5, 0.6) is 0 Å². The summed E-state index contributed by atoms with van der Waals surface area (Å²) >= 11 is 1.70. The molecule has 184 valence electrons. The maximum atomic E-state index is 5.81. The quantitative estimate of drug-likeness (QED) is 0.282. The highest BCUT2D eigenvalue weighted by Gasteiger charge is 2.14. The molecule has 0 bridgehead atoms. The lowest BCUT2D eigenvalue weighted by Gasteiger charge is -2.20. The monoisotopic (exact) mass is 487 g/mol. The molecule has 0 aliphatic carbocycles. The van der Waals surface area contributed by atoms with Crippen LogP contribution >= 0.6 is 11.3 Å². The molecule has 1 aromatic heterocycles. The van der Waals surface area contributed by atoms with E-state index in [0.717, 1.165) is 34.6 Å². The van der Waals surface area contributed by atoms with Gasteiger partial charge in [-0.05, 0) is 75.7 Å². The molecule has 5 heteroatoms. The molecule has 1 aromatic carbocycles. The van der Waals surface area contributed by atoms with E-state index < -0.39 is 0 Å². The molecular formula is C30H37N3OS.